The Kier molecular flexibility index (Phi) is 3.12. The lowest BCUT2D eigenvalue weighted by molar-refractivity contribution is 0.103. The lowest BCUT2D eigenvalue weighted by Gasteiger charge is -2.01. The number of H-pyrrole nitrogens is 1. The molecule has 2 aromatic heterocycles. The monoisotopic (exact) mass is 287 g/mol. The van der Waals surface area contributed by atoms with Gasteiger partial charge in [0, 0.05) is 28.7 Å². The maximum absolute atomic E-state index is 12.5. The quantitative estimate of drug-likeness (QED) is 0.594. The first-order chi connectivity index (χ1) is 9.69. The third-order valence-corrected chi connectivity index (χ3v) is 3.21. The second-order valence-electron chi connectivity index (χ2n) is 4.17. The minimum Gasteiger partial charge on any atom is -0.497 e. The van der Waals surface area contributed by atoms with E-state index in [-0.39, 0.29) is 16.6 Å². The number of fused-ring (bicyclic) bond motifs is 1. The highest BCUT2D eigenvalue weighted by atomic mass is 35.5. The van der Waals surface area contributed by atoms with Gasteiger partial charge in [-0.25, -0.2) is 9.97 Å². The Morgan fingerprint density at radius 2 is 2.15 bits per heavy atom. The van der Waals surface area contributed by atoms with Crippen LogP contribution in [-0.4, -0.2) is 27.8 Å². The molecule has 0 spiro atoms. The van der Waals surface area contributed by atoms with E-state index < -0.39 is 0 Å². The van der Waals surface area contributed by atoms with Gasteiger partial charge >= 0.3 is 0 Å². The third-order valence-electron chi connectivity index (χ3n) is 3.00. The number of hydrogen-bond donors (Lipinski definition) is 1. The van der Waals surface area contributed by atoms with Gasteiger partial charge in [-0.1, -0.05) is 11.6 Å². The number of halogens is 1. The number of nitrogens with one attached hydrogen (secondary N) is 1. The molecule has 0 aliphatic heterocycles. The van der Waals surface area contributed by atoms with Crippen molar-refractivity contribution in [2.75, 3.05) is 7.11 Å². The van der Waals surface area contributed by atoms with Crippen LogP contribution in [0.2, 0.25) is 5.15 Å². The molecule has 5 nitrogen and oxygen atoms in total. The number of hydrogen-bond acceptors (Lipinski definition) is 4. The summed E-state index contributed by atoms with van der Waals surface area (Å²) < 4.78 is 5.18. The molecule has 0 saturated carbocycles. The summed E-state index contributed by atoms with van der Waals surface area (Å²) in [5, 5.41) is 1.02. The molecule has 100 valence electrons. The van der Waals surface area contributed by atoms with Gasteiger partial charge in [-0.2, -0.15) is 0 Å². The fraction of sp³-hybridized carbons (Fsp3) is 0.0714. The summed E-state index contributed by atoms with van der Waals surface area (Å²) in [4.78, 5) is 23.2. The normalized spacial score (nSPS) is 10.7. The molecular weight excluding hydrogens is 278 g/mol. The van der Waals surface area contributed by atoms with Gasteiger partial charge in [0.25, 0.3) is 0 Å². The summed E-state index contributed by atoms with van der Waals surface area (Å²) >= 11 is 5.79. The number of carbonyl (C=O) groups excluding carboxylic acids is 1. The SMILES string of the molecule is COc1ccc2[nH]cc(C(=O)c3cc(Cl)ncn3)c2c1. The molecule has 20 heavy (non-hydrogen) atoms. The first-order valence-corrected chi connectivity index (χ1v) is 6.24. The summed E-state index contributed by atoms with van der Waals surface area (Å²) in [5.41, 5.74) is 1.64. The van der Waals surface area contributed by atoms with Crippen molar-refractivity contribution in [3.05, 3.63) is 53.2 Å². The van der Waals surface area contributed by atoms with Gasteiger partial charge in [-0.3, -0.25) is 4.79 Å². The zero-order valence-electron chi connectivity index (χ0n) is 10.6. The fourth-order valence-corrected chi connectivity index (χ4v) is 2.16. The highest BCUT2D eigenvalue weighted by Crippen LogP contribution is 2.25. The topological polar surface area (TPSA) is 67.9 Å². The predicted molar refractivity (Wildman–Crippen MR) is 75.3 cm³/mol. The third kappa shape index (κ3) is 2.12. The summed E-state index contributed by atoms with van der Waals surface area (Å²) in [6.07, 6.45) is 2.92. The lowest BCUT2D eigenvalue weighted by atomic mass is 10.1. The van der Waals surface area contributed by atoms with Gasteiger partial charge in [-0.05, 0) is 18.2 Å². The molecule has 0 amide bonds. The van der Waals surface area contributed by atoms with Crippen molar-refractivity contribution in [3.8, 4) is 5.75 Å². The fourth-order valence-electron chi connectivity index (χ4n) is 2.01. The lowest BCUT2D eigenvalue weighted by Crippen LogP contribution is -2.03. The average Bonchev–Trinajstić information content (AvgIpc) is 2.89. The molecule has 0 saturated heterocycles. The van der Waals surface area contributed by atoms with E-state index in [1.807, 2.05) is 18.2 Å². The van der Waals surface area contributed by atoms with Crippen LogP contribution in [0.1, 0.15) is 16.1 Å². The summed E-state index contributed by atoms with van der Waals surface area (Å²) in [6.45, 7) is 0. The van der Waals surface area contributed by atoms with Gasteiger partial charge in [0.1, 0.15) is 22.9 Å². The largest absolute Gasteiger partial charge is 0.497 e. The molecule has 3 aromatic rings. The molecule has 0 bridgehead atoms. The van der Waals surface area contributed by atoms with E-state index >= 15 is 0 Å². The molecular formula is C14H10ClN3O2. The van der Waals surface area contributed by atoms with Crippen LogP contribution < -0.4 is 4.74 Å². The number of ether oxygens (including phenoxy) is 1. The number of methoxy groups -OCH3 is 1. The summed E-state index contributed by atoms with van der Waals surface area (Å²) in [5.74, 6) is 0.473. The van der Waals surface area contributed by atoms with Crippen molar-refractivity contribution >= 4 is 28.3 Å². The molecule has 1 aromatic carbocycles. The molecule has 0 atom stereocenters. The van der Waals surface area contributed by atoms with Gasteiger partial charge in [0.2, 0.25) is 5.78 Å². The Morgan fingerprint density at radius 1 is 1.30 bits per heavy atom. The van der Waals surface area contributed by atoms with E-state index in [1.54, 1.807) is 13.3 Å². The first kappa shape index (κ1) is 12.6. The van der Waals surface area contributed by atoms with Gasteiger partial charge in [-0.15, -0.1) is 0 Å². The predicted octanol–water partition coefficient (Wildman–Crippen LogP) is 2.85. The molecule has 3 rings (SSSR count). The number of aromatic amines is 1. The minimum absolute atomic E-state index is 0.214. The van der Waals surface area contributed by atoms with Crippen LogP contribution >= 0.6 is 11.6 Å². The highest BCUT2D eigenvalue weighted by Gasteiger charge is 2.16. The molecule has 0 fully saturated rings. The highest BCUT2D eigenvalue weighted by molar-refractivity contribution is 6.30. The van der Waals surface area contributed by atoms with E-state index in [9.17, 15) is 4.79 Å². The second-order valence-corrected chi connectivity index (χ2v) is 4.56. The summed E-state index contributed by atoms with van der Waals surface area (Å²) in [7, 11) is 1.58. The Balaban J connectivity index is 2.12. The van der Waals surface area contributed by atoms with Crippen LogP contribution in [0, 0.1) is 0 Å². The number of rotatable bonds is 3. The zero-order valence-corrected chi connectivity index (χ0v) is 11.3. The molecule has 6 heteroatoms. The van der Waals surface area contributed by atoms with Crippen molar-refractivity contribution in [2.45, 2.75) is 0 Å². The van der Waals surface area contributed by atoms with E-state index in [4.69, 9.17) is 16.3 Å². The number of benzene rings is 1. The van der Waals surface area contributed by atoms with Crippen LogP contribution in [0.4, 0.5) is 0 Å². The van der Waals surface area contributed by atoms with Crippen LogP contribution in [0.25, 0.3) is 10.9 Å². The van der Waals surface area contributed by atoms with Crippen molar-refractivity contribution in [3.63, 3.8) is 0 Å². The van der Waals surface area contributed by atoms with E-state index in [0.717, 1.165) is 10.9 Å². The van der Waals surface area contributed by atoms with Crippen LogP contribution in [0.5, 0.6) is 5.75 Å². The van der Waals surface area contributed by atoms with E-state index in [1.165, 1.54) is 12.4 Å². The first-order valence-electron chi connectivity index (χ1n) is 5.86. The van der Waals surface area contributed by atoms with Crippen LogP contribution in [0.3, 0.4) is 0 Å². The van der Waals surface area contributed by atoms with Crippen molar-refractivity contribution in [1.82, 2.24) is 15.0 Å². The molecule has 0 aliphatic rings. The van der Waals surface area contributed by atoms with Gasteiger partial charge < -0.3 is 9.72 Å². The Morgan fingerprint density at radius 3 is 2.90 bits per heavy atom. The molecule has 0 aliphatic carbocycles. The van der Waals surface area contributed by atoms with E-state index in [0.29, 0.717) is 11.3 Å². The Hall–Kier alpha value is -2.40. The van der Waals surface area contributed by atoms with Crippen molar-refractivity contribution in [2.24, 2.45) is 0 Å². The summed E-state index contributed by atoms with van der Waals surface area (Å²) in [6, 6.07) is 6.94. The number of carbonyl (C=O) groups is 1. The standard InChI is InChI=1S/C14H10ClN3O2/c1-20-8-2-3-11-9(4-8)10(6-16-11)14(19)12-5-13(15)18-7-17-12/h2-7,16H,1H3. The maximum Gasteiger partial charge on any atom is 0.213 e. The van der Waals surface area contributed by atoms with Crippen LogP contribution in [-0.2, 0) is 0 Å². The Labute approximate surface area is 119 Å². The minimum atomic E-state index is -0.214. The van der Waals surface area contributed by atoms with Gasteiger partial charge in [0.15, 0.2) is 0 Å². The van der Waals surface area contributed by atoms with Crippen molar-refractivity contribution in [1.29, 1.82) is 0 Å². The van der Waals surface area contributed by atoms with Crippen LogP contribution in [0.15, 0.2) is 36.8 Å². The number of aromatic nitrogens is 3. The average molecular weight is 288 g/mol. The molecule has 1 N–H and O–H groups in total. The smallest absolute Gasteiger partial charge is 0.213 e. The van der Waals surface area contributed by atoms with E-state index in [2.05, 4.69) is 15.0 Å². The zero-order chi connectivity index (χ0) is 14.1. The molecule has 2 heterocycles. The van der Waals surface area contributed by atoms with Gasteiger partial charge in [0.05, 0.1) is 7.11 Å². The molecule has 0 unspecified atom stereocenters. The number of ketones is 1. The maximum atomic E-state index is 12.5. The van der Waals surface area contributed by atoms with Crippen molar-refractivity contribution < 1.29 is 9.53 Å². The Bertz CT molecular complexity index is 798. The second kappa shape index (κ2) is 4.94. The number of nitrogens with zero attached hydrogens (tertiary/aromatic N) is 2. The molecule has 0 radical (unpaired) electrons.